The van der Waals surface area contributed by atoms with Crippen molar-refractivity contribution < 1.29 is 19.5 Å². The van der Waals surface area contributed by atoms with Gasteiger partial charge >= 0.3 is 5.97 Å². The number of hydrogen-bond acceptors (Lipinski definition) is 3. The molecule has 0 heterocycles. The number of carbonyl (C=O) groups excluding carboxylic acids is 2. The van der Waals surface area contributed by atoms with Crippen LogP contribution < -0.4 is 5.32 Å². The standard InChI is InChI=1S/C19H27NO3.C3H6O/c1-13(2)15-8-10-16(11-9-15)18(21)20-17(19(22)23)12-14-6-4-3-5-7-14;1-3(2)4/h3-7,13,15-17H,8-12H2,1-2H3,(H,20,21)(H,22,23);1-2H3/t15-,16-,17-;/m1./s1. The van der Waals surface area contributed by atoms with Gasteiger partial charge in [-0.25, -0.2) is 4.79 Å². The second-order valence-electron chi connectivity index (χ2n) is 7.85. The fraction of sp³-hybridized carbons (Fsp3) is 0.591. The number of ketones is 1. The lowest BCUT2D eigenvalue weighted by atomic mass is 9.76. The van der Waals surface area contributed by atoms with Gasteiger partial charge in [-0.05, 0) is 56.9 Å². The molecule has 1 aliphatic carbocycles. The molecule has 5 heteroatoms. The number of rotatable bonds is 6. The van der Waals surface area contributed by atoms with Crippen molar-refractivity contribution in [3.05, 3.63) is 35.9 Å². The molecular formula is C22H33NO4. The summed E-state index contributed by atoms with van der Waals surface area (Å²) in [6.07, 6.45) is 4.18. The molecule has 1 aromatic rings. The molecule has 1 amide bonds. The molecule has 2 N–H and O–H groups in total. The van der Waals surface area contributed by atoms with Crippen LogP contribution in [0.5, 0.6) is 0 Å². The van der Waals surface area contributed by atoms with Crippen LogP contribution in [0.3, 0.4) is 0 Å². The molecule has 1 aromatic carbocycles. The molecule has 1 aliphatic rings. The molecule has 150 valence electrons. The highest BCUT2D eigenvalue weighted by Gasteiger charge is 2.30. The van der Waals surface area contributed by atoms with Gasteiger partial charge in [0.05, 0.1) is 0 Å². The SMILES string of the molecule is CC(C)=O.CC(C)[C@H]1CC[C@H](C(=O)N[C@H](Cc2ccccc2)C(=O)O)CC1. The molecule has 0 aliphatic heterocycles. The van der Waals surface area contributed by atoms with E-state index in [1.165, 1.54) is 13.8 Å². The quantitative estimate of drug-likeness (QED) is 0.791. The second-order valence-corrected chi connectivity index (χ2v) is 7.85. The smallest absolute Gasteiger partial charge is 0.326 e. The molecule has 1 fully saturated rings. The van der Waals surface area contributed by atoms with Gasteiger partial charge < -0.3 is 15.2 Å². The largest absolute Gasteiger partial charge is 0.480 e. The van der Waals surface area contributed by atoms with Crippen molar-refractivity contribution >= 4 is 17.7 Å². The van der Waals surface area contributed by atoms with Gasteiger partial charge in [-0.3, -0.25) is 4.79 Å². The fourth-order valence-electron chi connectivity index (χ4n) is 3.39. The van der Waals surface area contributed by atoms with E-state index in [4.69, 9.17) is 0 Å². The van der Waals surface area contributed by atoms with Crippen molar-refractivity contribution in [2.75, 3.05) is 0 Å². The number of hydrogen-bond donors (Lipinski definition) is 2. The third-order valence-electron chi connectivity index (χ3n) is 4.98. The number of aliphatic carboxylic acids is 1. The van der Waals surface area contributed by atoms with Crippen molar-refractivity contribution in [1.29, 1.82) is 0 Å². The first-order chi connectivity index (χ1) is 12.7. The van der Waals surface area contributed by atoms with Crippen LogP contribution in [-0.2, 0) is 20.8 Å². The Kier molecular flexibility index (Phi) is 9.76. The van der Waals surface area contributed by atoms with Crippen molar-refractivity contribution in [2.45, 2.75) is 65.8 Å². The van der Waals surface area contributed by atoms with E-state index >= 15 is 0 Å². The summed E-state index contributed by atoms with van der Waals surface area (Å²) in [4.78, 5) is 33.3. The maximum absolute atomic E-state index is 12.4. The van der Waals surface area contributed by atoms with Crippen molar-refractivity contribution in [2.24, 2.45) is 17.8 Å². The van der Waals surface area contributed by atoms with Crippen LogP contribution >= 0.6 is 0 Å². The highest BCUT2D eigenvalue weighted by atomic mass is 16.4. The lowest BCUT2D eigenvalue weighted by Gasteiger charge is -2.30. The van der Waals surface area contributed by atoms with E-state index in [0.29, 0.717) is 18.3 Å². The first kappa shape index (κ1) is 22.9. The monoisotopic (exact) mass is 375 g/mol. The minimum absolute atomic E-state index is 0.0392. The maximum atomic E-state index is 12.4. The van der Waals surface area contributed by atoms with Crippen molar-refractivity contribution in [1.82, 2.24) is 5.32 Å². The van der Waals surface area contributed by atoms with Crippen LogP contribution in [0.25, 0.3) is 0 Å². The number of nitrogens with one attached hydrogen (secondary N) is 1. The average Bonchev–Trinajstić information content (AvgIpc) is 2.61. The Morgan fingerprint density at radius 1 is 1.04 bits per heavy atom. The molecule has 27 heavy (non-hydrogen) atoms. The van der Waals surface area contributed by atoms with E-state index in [0.717, 1.165) is 31.2 Å². The number of amides is 1. The molecule has 1 atom stereocenters. The Hall–Kier alpha value is -2.17. The Morgan fingerprint density at radius 2 is 1.56 bits per heavy atom. The third kappa shape index (κ3) is 8.85. The lowest BCUT2D eigenvalue weighted by molar-refractivity contribution is -0.142. The van der Waals surface area contributed by atoms with Crippen LogP contribution in [0.4, 0.5) is 0 Å². The number of Topliss-reactive ketones (excluding diaryl/α,β-unsaturated/α-hetero) is 1. The zero-order chi connectivity index (χ0) is 20.4. The predicted molar refractivity (Wildman–Crippen MR) is 106 cm³/mol. The molecule has 0 bridgehead atoms. The number of carbonyl (C=O) groups is 3. The molecular weight excluding hydrogens is 342 g/mol. The molecule has 5 nitrogen and oxygen atoms in total. The molecule has 0 spiro atoms. The molecule has 1 saturated carbocycles. The lowest BCUT2D eigenvalue weighted by Crippen LogP contribution is -2.45. The summed E-state index contributed by atoms with van der Waals surface area (Å²) in [7, 11) is 0. The Labute approximate surface area is 162 Å². The second kappa shape index (κ2) is 11.5. The Balaban J connectivity index is 0.000000828. The minimum atomic E-state index is -0.974. The maximum Gasteiger partial charge on any atom is 0.326 e. The van der Waals surface area contributed by atoms with E-state index in [1.807, 2.05) is 30.3 Å². The van der Waals surface area contributed by atoms with E-state index in [2.05, 4.69) is 19.2 Å². The molecule has 2 rings (SSSR count). The minimum Gasteiger partial charge on any atom is -0.480 e. The van der Waals surface area contributed by atoms with Gasteiger partial charge in [0.2, 0.25) is 5.91 Å². The summed E-state index contributed by atoms with van der Waals surface area (Å²) < 4.78 is 0. The van der Waals surface area contributed by atoms with E-state index in [1.54, 1.807) is 0 Å². The Bertz CT molecular complexity index is 600. The summed E-state index contributed by atoms with van der Waals surface area (Å²) >= 11 is 0. The zero-order valence-corrected chi connectivity index (χ0v) is 16.9. The molecule has 0 aromatic heterocycles. The highest BCUT2D eigenvalue weighted by molar-refractivity contribution is 5.85. The van der Waals surface area contributed by atoms with Gasteiger partial charge in [-0.2, -0.15) is 0 Å². The summed E-state index contributed by atoms with van der Waals surface area (Å²) in [5, 5.41) is 12.1. The van der Waals surface area contributed by atoms with Gasteiger partial charge in [0.25, 0.3) is 0 Å². The summed E-state index contributed by atoms with van der Waals surface area (Å²) in [5.74, 6) is 0.402. The molecule has 0 saturated heterocycles. The van der Waals surface area contributed by atoms with Gasteiger partial charge in [-0.1, -0.05) is 44.2 Å². The summed E-state index contributed by atoms with van der Waals surface area (Å²) in [5.41, 5.74) is 0.920. The van der Waals surface area contributed by atoms with Gasteiger partial charge in [-0.15, -0.1) is 0 Å². The highest BCUT2D eigenvalue weighted by Crippen LogP contribution is 2.33. The van der Waals surface area contributed by atoms with Crippen molar-refractivity contribution in [3.63, 3.8) is 0 Å². The normalized spacial score (nSPS) is 20.2. The summed E-state index contributed by atoms with van der Waals surface area (Å²) in [6.45, 7) is 7.51. The topological polar surface area (TPSA) is 83.5 Å². The van der Waals surface area contributed by atoms with Crippen LogP contribution in [0.15, 0.2) is 30.3 Å². The first-order valence-corrected chi connectivity index (χ1v) is 9.75. The van der Waals surface area contributed by atoms with Gasteiger partial charge in [0.15, 0.2) is 0 Å². The van der Waals surface area contributed by atoms with Crippen molar-refractivity contribution in [3.8, 4) is 0 Å². The number of carboxylic acids is 1. The van der Waals surface area contributed by atoms with Crippen LogP contribution in [0.2, 0.25) is 0 Å². The summed E-state index contributed by atoms with van der Waals surface area (Å²) in [6, 6.07) is 8.57. The van der Waals surface area contributed by atoms with Gasteiger partial charge in [0, 0.05) is 12.3 Å². The Morgan fingerprint density at radius 3 is 2.00 bits per heavy atom. The van der Waals surface area contributed by atoms with Crippen LogP contribution in [0.1, 0.15) is 58.9 Å². The average molecular weight is 376 g/mol. The fourth-order valence-corrected chi connectivity index (χ4v) is 3.39. The number of benzene rings is 1. The zero-order valence-electron chi connectivity index (χ0n) is 16.9. The van der Waals surface area contributed by atoms with E-state index in [-0.39, 0.29) is 17.6 Å². The first-order valence-electron chi connectivity index (χ1n) is 9.75. The van der Waals surface area contributed by atoms with Crippen LogP contribution in [0, 0.1) is 17.8 Å². The number of carboxylic acid groups (broad SMARTS) is 1. The molecule has 0 radical (unpaired) electrons. The van der Waals surface area contributed by atoms with Gasteiger partial charge in [0.1, 0.15) is 11.8 Å². The van der Waals surface area contributed by atoms with E-state index < -0.39 is 12.0 Å². The van der Waals surface area contributed by atoms with Crippen LogP contribution in [-0.4, -0.2) is 28.8 Å². The molecule has 0 unspecified atom stereocenters. The third-order valence-corrected chi connectivity index (χ3v) is 4.98. The van der Waals surface area contributed by atoms with E-state index in [9.17, 15) is 19.5 Å². The predicted octanol–water partition coefficient (Wildman–Crippen LogP) is 3.86.